The number of hydrogen-bond donors (Lipinski definition) is 2. The van der Waals surface area contributed by atoms with Crippen molar-refractivity contribution in [3.05, 3.63) is 89.0 Å². The molecule has 4 bridgehead atoms. The Hall–Kier alpha value is -3.75. The highest BCUT2D eigenvalue weighted by molar-refractivity contribution is 7.80. The summed E-state index contributed by atoms with van der Waals surface area (Å²) in [5, 5.41) is 13.1. The molecule has 1 heterocycles. The SMILES string of the molecule is CC[C@H](C)[C@H](C(=O)Cc1cncn1Cc1ccc(C#N)cc1)C(N)N(Cc1ccccc1C(F)(F)F)C(=S)NC12CC3CC(CC(C3)C1)C2. The number of nitriles is 1. The molecule has 1 aromatic heterocycles. The first-order chi connectivity index (χ1) is 23.4. The Morgan fingerprint density at radius 3 is 2.35 bits per heavy atom. The van der Waals surface area contributed by atoms with Crippen LogP contribution in [0.15, 0.2) is 61.1 Å². The van der Waals surface area contributed by atoms with E-state index >= 15 is 0 Å². The number of nitrogens with one attached hydrogen (secondary N) is 1. The van der Waals surface area contributed by atoms with E-state index in [-0.39, 0.29) is 35.8 Å². The van der Waals surface area contributed by atoms with Gasteiger partial charge in [0.15, 0.2) is 5.11 Å². The Morgan fingerprint density at radius 1 is 1.12 bits per heavy atom. The molecule has 49 heavy (non-hydrogen) atoms. The minimum absolute atomic E-state index is 0.0567. The first-order valence-corrected chi connectivity index (χ1v) is 17.8. The summed E-state index contributed by atoms with van der Waals surface area (Å²) in [6.07, 6.45) is 5.23. The second-order valence-electron chi connectivity index (χ2n) is 14.8. The third-order valence-corrected chi connectivity index (χ3v) is 11.6. The molecule has 0 radical (unpaired) electrons. The molecule has 0 amide bonds. The van der Waals surface area contributed by atoms with E-state index in [2.05, 4.69) is 16.4 Å². The molecule has 260 valence electrons. The van der Waals surface area contributed by atoms with Crippen molar-refractivity contribution in [2.75, 3.05) is 0 Å². The van der Waals surface area contributed by atoms with Gasteiger partial charge in [0.05, 0.1) is 35.6 Å². The van der Waals surface area contributed by atoms with E-state index in [1.54, 1.807) is 35.6 Å². The molecule has 3 aromatic rings. The summed E-state index contributed by atoms with van der Waals surface area (Å²) >= 11 is 6.09. The highest BCUT2D eigenvalue weighted by Gasteiger charge is 2.52. The van der Waals surface area contributed by atoms with Gasteiger partial charge in [0.25, 0.3) is 0 Å². The molecule has 4 aliphatic carbocycles. The van der Waals surface area contributed by atoms with Crippen LogP contribution in [-0.2, 0) is 30.5 Å². The van der Waals surface area contributed by atoms with Crippen LogP contribution in [0, 0.1) is 40.9 Å². The van der Waals surface area contributed by atoms with Gasteiger partial charge in [0.2, 0.25) is 0 Å². The number of thiocarbonyl (C=S) groups is 1. The molecule has 11 heteroatoms. The fraction of sp³-hybridized carbons (Fsp3) is 0.526. The van der Waals surface area contributed by atoms with Gasteiger partial charge in [-0.3, -0.25) is 4.79 Å². The lowest BCUT2D eigenvalue weighted by Gasteiger charge is -2.57. The van der Waals surface area contributed by atoms with E-state index in [0.29, 0.717) is 47.1 Å². The lowest BCUT2D eigenvalue weighted by Crippen LogP contribution is -2.64. The number of nitrogens with two attached hydrogens (primary N) is 1. The number of imidazole rings is 1. The maximum Gasteiger partial charge on any atom is 0.416 e. The quantitative estimate of drug-likeness (QED) is 0.153. The van der Waals surface area contributed by atoms with Gasteiger partial charge < -0.3 is 20.5 Å². The molecule has 7 rings (SSSR count). The van der Waals surface area contributed by atoms with Crippen molar-refractivity contribution in [3.8, 4) is 6.07 Å². The number of rotatable bonds is 12. The smallest absolute Gasteiger partial charge is 0.357 e. The standard InChI is InChI=1S/C38H45F3N6OS/c1-3-24(2)34(33(48)15-31-20-44-23-46(31)21-26-10-8-25(19-42)9-11-26)35(43)47(22-30-6-4-5-7-32(30)38(39,40)41)36(49)45-37-16-27-12-28(17-37)14-29(13-27)18-37/h4-11,20,23-24,27-29,34-35H,3,12-18,21-22,43H2,1-2H3,(H,45,49)/t24-,27?,28?,29?,34+,35?,37?/m0/s1. The Morgan fingerprint density at radius 2 is 1.76 bits per heavy atom. The van der Waals surface area contributed by atoms with Crippen LogP contribution in [0.3, 0.4) is 0 Å². The van der Waals surface area contributed by atoms with Crippen LogP contribution >= 0.6 is 12.2 Å². The van der Waals surface area contributed by atoms with Crippen molar-refractivity contribution in [2.24, 2.45) is 35.3 Å². The van der Waals surface area contributed by atoms with Crippen LogP contribution in [0.2, 0.25) is 0 Å². The van der Waals surface area contributed by atoms with Crippen molar-refractivity contribution in [2.45, 2.75) is 96.2 Å². The third kappa shape index (κ3) is 7.71. The molecule has 1 unspecified atom stereocenters. The summed E-state index contributed by atoms with van der Waals surface area (Å²) in [5.41, 5.74) is 8.44. The molecule has 0 aliphatic heterocycles. The van der Waals surface area contributed by atoms with Crippen LogP contribution < -0.4 is 11.1 Å². The predicted octanol–water partition coefficient (Wildman–Crippen LogP) is 7.23. The zero-order valence-electron chi connectivity index (χ0n) is 28.1. The Bertz CT molecular complexity index is 1660. The number of hydrogen-bond acceptors (Lipinski definition) is 5. The number of nitrogens with zero attached hydrogens (tertiary/aromatic N) is 4. The average Bonchev–Trinajstić information content (AvgIpc) is 3.48. The highest BCUT2D eigenvalue weighted by Crippen LogP contribution is 2.55. The van der Waals surface area contributed by atoms with Gasteiger partial charge in [-0.2, -0.15) is 18.4 Å². The summed E-state index contributed by atoms with van der Waals surface area (Å²) in [7, 11) is 0. The largest absolute Gasteiger partial charge is 0.416 e. The maximum atomic E-state index is 14.3. The molecule has 0 spiro atoms. The molecule has 0 saturated heterocycles. The van der Waals surface area contributed by atoms with Gasteiger partial charge in [-0.1, -0.05) is 50.6 Å². The van der Waals surface area contributed by atoms with E-state index in [9.17, 15) is 18.0 Å². The van der Waals surface area contributed by atoms with Crippen molar-refractivity contribution < 1.29 is 18.0 Å². The number of halogens is 3. The Labute approximate surface area is 292 Å². The fourth-order valence-electron chi connectivity index (χ4n) is 9.10. The second-order valence-corrected chi connectivity index (χ2v) is 15.2. The summed E-state index contributed by atoms with van der Waals surface area (Å²) < 4.78 is 44.6. The number of alkyl halides is 3. The molecule has 3 atom stereocenters. The van der Waals surface area contributed by atoms with Gasteiger partial charge in [0, 0.05) is 36.9 Å². The summed E-state index contributed by atoms with van der Waals surface area (Å²) in [5.74, 6) is 0.919. The molecule has 4 fully saturated rings. The fourth-order valence-corrected chi connectivity index (χ4v) is 9.50. The van der Waals surface area contributed by atoms with E-state index in [1.165, 1.54) is 31.4 Å². The lowest BCUT2D eigenvalue weighted by atomic mass is 9.53. The van der Waals surface area contributed by atoms with Crippen LogP contribution in [0.5, 0.6) is 0 Å². The van der Waals surface area contributed by atoms with Crippen LogP contribution in [0.1, 0.15) is 86.7 Å². The van der Waals surface area contributed by atoms with Gasteiger partial charge >= 0.3 is 6.18 Å². The molecular formula is C38H45F3N6OS. The minimum Gasteiger partial charge on any atom is -0.357 e. The number of Topliss-reactive ketones (excluding diaryl/α,β-unsaturated/α-hetero) is 1. The van der Waals surface area contributed by atoms with Crippen molar-refractivity contribution in [3.63, 3.8) is 0 Å². The Balaban J connectivity index is 1.28. The number of benzene rings is 2. The van der Waals surface area contributed by atoms with Gasteiger partial charge in [-0.25, -0.2) is 4.98 Å². The zero-order chi connectivity index (χ0) is 34.9. The number of aromatic nitrogens is 2. The van der Waals surface area contributed by atoms with E-state index in [0.717, 1.165) is 30.9 Å². The van der Waals surface area contributed by atoms with Crippen molar-refractivity contribution in [1.29, 1.82) is 5.26 Å². The third-order valence-electron chi connectivity index (χ3n) is 11.3. The summed E-state index contributed by atoms with van der Waals surface area (Å²) in [4.78, 5) is 20.3. The van der Waals surface area contributed by atoms with Gasteiger partial charge in [0.1, 0.15) is 5.78 Å². The summed E-state index contributed by atoms with van der Waals surface area (Å²) in [6.45, 7) is 4.25. The highest BCUT2D eigenvalue weighted by atomic mass is 32.1. The van der Waals surface area contributed by atoms with Crippen LogP contribution in [0.25, 0.3) is 0 Å². The van der Waals surface area contributed by atoms with Gasteiger partial charge in [-0.05, 0) is 104 Å². The molecule has 2 aromatic carbocycles. The molecular weight excluding hydrogens is 646 g/mol. The van der Waals surface area contributed by atoms with Crippen LogP contribution in [-0.4, -0.2) is 37.1 Å². The van der Waals surface area contributed by atoms with Crippen molar-refractivity contribution >= 4 is 23.1 Å². The zero-order valence-corrected chi connectivity index (χ0v) is 28.9. The maximum absolute atomic E-state index is 14.3. The lowest BCUT2D eigenvalue weighted by molar-refractivity contribution is -0.138. The Kier molecular flexibility index (Phi) is 10.2. The monoisotopic (exact) mass is 690 g/mol. The average molecular weight is 691 g/mol. The molecule has 4 saturated carbocycles. The van der Waals surface area contributed by atoms with E-state index in [1.807, 2.05) is 30.5 Å². The number of carbonyl (C=O) groups is 1. The first kappa shape index (κ1) is 35.1. The topological polar surface area (TPSA) is 100.0 Å². The second kappa shape index (κ2) is 14.2. The van der Waals surface area contributed by atoms with E-state index in [4.69, 9.17) is 23.2 Å². The summed E-state index contributed by atoms with van der Waals surface area (Å²) in [6, 6.07) is 14.9. The number of ketones is 1. The van der Waals surface area contributed by atoms with Gasteiger partial charge in [-0.15, -0.1) is 0 Å². The first-order valence-electron chi connectivity index (χ1n) is 17.4. The number of carbonyl (C=O) groups excluding carboxylic acids is 1. The van der Waals surface area contributed by atoms with Crippen molar-refractivity contribution in [1.82, 2.24) is 19.8 Å². The van der Waals surface area contributed by atoms with E-state index < -0.39 is 23.8 Å². The molecule has 3 N–H and O–H groups in total. The minimum atomic E-state index is -4.55. The van der Waals surface area contributed by atoms with Crippen LogP contribution in [0.4, 0.5) is 13.2 Å². The normalized spacial score (nSPS) is 24.6. The predicted molar refractivity (Wildman–Crippen MR) is 186 cm³/mol. The molecule has 7 nitrogen and oxygen atoms in total. The molecule has 4 aliphatic rings.